The van der Waals surface area contributed by atoms with Crippen LogP contribution in [0.5, 0.6) is 5.75 Å². The van der Waals surface area contributed by atoms with Gasteiger partial charge in [-0.2, -0.15) is 0 Å². The monoisotopic (exact) mass is 380 g/mol. The van der Waals surface area contributed by atoms with Crippen molar-refractivity contribution in [3.8, 4) is 5.75 Å². The van der Waals surface area contributed by atoms with Gasteiger partial charge in [-0.3, -0.25) is 4.79 Å². The van der Waals surface area contributed by atoms with E-state index in [2.05, 4.69) is 12.2 Å². The molecule has 2 aliphatic rings. The fourth-order valence-electron chi connectivity index (χ4n) is 3.83. The van der Waals surface area contributed by atoms with Gasteiger partial charge in [0.15, 0.2) is 0 Å². The number of fused-ring (bicyclic) bond motifs is 1. The number of benzene rings is 2. The maximum Gasteiger partial charge on any atom is 0.257 e. The topological polar surface area (TPSA) is 50.8 Å². The summed E-state index contributed by atoms with van der Waals surface area (Å²) in [5.41, 5.74) is 2.69. The molecule has 2 aliphatic heterocycles. The lowest BCUT2D eigenvalue weighted by molar-refractivity contribution is 0.0672. The standard InChI is InChI=1S/C23H28N2O3/c1-2-3-14-25-22(24-21-9-5-4-8-20(21)23(25)26)17-10-12-18(13-11-17)28-16-19-7-6-15-27-19/h4-5,8-13,19,22,24H,2-3,6-7,14-16H2,1H3. The maximum atomic E-state index is 13.1. The van der Waals surface area contributed by atoms with Gasteiger partial charge >= 0.3 is 0 Å². The maximum absolute atomic E-state index is 13.1. The Labute approximate surface area is 166 Å². The first-order valence-corrected chi connectivity index (χ1v) is 10.3. The Morgan fingerprint density at radius 1 is 1.18 bits per heavy atom. The van der Waals surface area contributed by atoms with E-state index in [4.69, 9.17) is 9.47 Å². The molecule has 5 nitrogen and oxygen atoms in total. The van der Waals surface area contributed by atoms with Gasteiger partial charge in [-0.25, -0.2) is 0 Å². The van der Waals surface area contributed by atoms with Crippen molar-refractivity contribution in [2.45, 2.75) is 44.9 Å². The first-order valence-electron chi connectivity index (χ1n) is 10.3. The van der Waals surface area contributed by atoms with Gasteiger partial charge in [0, 0.05) is 18.8 Å². The molecule has 5 heteroatoms. The van der Waals surface area contributed by atoms with Gasteiger partial charge in [0.2, 0.25) is 0 Å². The van der Waals surface area contributed by atoms with Crippen LogP contribution in [0.15, 0.2) is 48.5 Å². The van der Waals surface area contributed by atoms with E-state index >= 15 is 0 Å². The number of amides is 1. The minimum Gasteiger partial charge on any atom is -0.491 e. The largest absolute Gasteiger partial charge is 0.491 e. The normalized spacial score (nSPS) is 21.3. The lowest BCUT2D eigenvalue weighted by atomic mass is 10.0. The fraction of sp³-hybridized carbons (Fsp3) is 0.435. The van der Waals surface area contributed by atoms with Gasteiger partial charge in [0.05, 0.1) is 11.7 Å². The van der Waals surface area contributed by atoms with Gasteiger partial charge < -0.3 is 19.7 Å². The summed E-state index contributed by atoms with van der Waals surface area (Å²) in [6.07, 6.45) is 4.25. The summed E-state index contributed by atoms with van der Waals surface area (Å²) in [6.45, 7) is 4.31. The number of hydrogen-bond donors (Lipinski definition) is 1. The van der Waals surface area contributed by atoms with Crippen molar-refractivity contribution < 1.29 is 14.3 Å². The van der Waals surface area contributed by atoms with Gasteiger partial charge in [0.25, 0.3) is 5.91 Å². The second kappa shape index (κ2) is 8.65. The SMILES string of the molecule is CCCCN1C(=O)c2ccccc2NC1c1ccc(OCC2CCCO2)cc1. The zero-order valence-electron chi connectivity index (χ0n) is 16.4. The lowest BCUT2D eigenvalue weighted by Crippen LogP contribution is -2.43. The van der Waals surface area contributed by atoms with Crippen LogP contribution in [0.3, 0.4) is 0 Å². The summed E-state index contributed by atoms with van der Waals surface area (Å²) >= 11 is 0. The highest BCUT2D eigenvalue weighted by Crippen LogP contribution is 2.33. The number of carbonyl (C=O) groups excluding carboxylic acids is 1. The molecule has 0 bridgehead atoms. The predicted molar refractivity (Wildman–Crippen MR) is 110 cm³/mol. The van der Waals surface area contributed by atoms with Crippen LogP contribution in [-0.4, -0.2) is 36.7 Å². The average molecular weight is 380 g/mol. The Balaban J connectivity index is 1.51. The van der Waals surface area contributed by atoms with E-state index in [9.17, 15) is 4.79 Å². The minimum absolute atomic E-state index is 0.0894. The van der Waals surface area contributed by atoms with Crippen molar-refractivity contribution in [1.82, 2.24) is 4.90 Å². The smallest absolute Gasteiger partial charge is 0.257 e. The summed E-state index contributed by atoms with van der Waals surface area (Å²) in [5.74, 6) is 0.924. The Morgan fingerprint density at radius 3 is 2.75 bits per heavy atom. The highest BCUT2D eigenvalue weighted by molar-refractivity contribution is 6.01. The van der Waals surface area contributed by atoms with Crippen molar-refractivity contribution in [2.24, 2.45) is 0 Å². The van der Waals surface area contributed by atoms with Crippen LogP contribution in [-0.2, 0) is 4.74 Å². The molecule has 0 spiro atoms. The third-order valence-electron chi connectivity index (χ3n) is 5.43. The number of anilines is 1. The van der Waals surface area contributed by atoms with E-state index in [-0.39, 0.29) is 18.2 Å². The molecule has 4 rings (SSSR count). The predicted octanol–water partition coefficient (Wildman–Crippen LogP) is 4.61. The summed E-state index contributed by atoms with van der Waals surface area (Å²) in [5, 5.41) is 3.54. The zero-order chi connectivity index (χ0) is 19.3. The number of nitrogens with one attached hydrogen (secondary N) is 1. The summed E-state index contributed by atoms with van der Waals surface area (Å²) in [4.78, 5) is 15.0. The number of hydrogen-bond acceptors (Lipinski definition) is 4. The summed E-state index contributed by atoms with van der Waals surface area (Å²) in [6, 6.07) is 15.8. The van der Waals surface area contributed by atoms with Crippen LogP contribution in [0, 0.1) is 0 Å². The summed E-state index contributed by atoms with van der Waals surface area (Å²) in [7, 11) is 0. The average Bonchev–Trinajstić information content (AvgIpc) is 3.26. The van der Waals surface area contributed by atoms with Crippen molar-refractivity contribution in [3.05, 3.63) is 59.7 Å². The second-order valence-electron chi connectivity index (χ2n) is 7.46. The highest BCUT2D eigenvalue weighted by atomic mass is 16.5. The molecular formula is C23H28N2O3. The van der Waals surface area contributed by atoms with Crippen molar-refractivity contribution in [1.29, 1.82) is 0 Å². The number of nitrogens with zero attached hydrogens (tertiary/aromatic N) is 1. The zero-order valence-corrected chi connectivity index (χ0v) is 16.4. The summed E-state index contributed by atoms with van der Waals surface area (Å²) < 4.78 is 11.5. The first-order chi connectivity index (χ1) is 13.8. The van der Waals surface area contributed by atoms with E-state index in [0.29, 0.717) is 6.61 Å². The molecule has 148 valence electrons. The quantitative estimate of drug-likeness (QED) is 0.762. The van der Waals surface area contributed by atoms with E-state index in [1.165, 1.54) is 0 Å². The molecular weight excluding hydrogens is 352 g/mol. The number of rotatable bonds is 7. The third kappa shape index (κ3) is 3.99. The van der Waals surface area contributed by atoms with Crippen molar-refractivity contribution in [3.63, 3.8) is 0 Å². The molecule has 2 aromatic rings. The van der Waals surface area contributed by atoms with E-state index in [1.54, 1.807) is 0 Å². The van der Waals surface area contributed by atoms with Crippen LogP contribution in [0.2, 0.25) is 0 Å². The Morgan fingerprint density at radius 2 is 2.00 bits per heavy atom. The van der Waals surface area contributed by atoms with Gasteiger partial charge in [0.1, 0.15) is 18.5 Å². The van der Waals surface area contributed by atoms with E-state index in [0.717, 1.165) is 61.4 Å². The minimum atomic E-state index is -0.166. The molecule has 2 aromatic carbocycles. The molecule has 2 atom stereocenters. The molecule has 0 radical (unpaired) electrons. The Kier molecular flexibility index (Phi) is 5.81. The van der Waals surface area contributed by atoms with E-state index in [1.807, 2.05) is 53.4 Å². The number of ether oxygens (including phenoxy) is 2. The van der Waals surface area contributed by atoms with Crippen molar-refractivity contribution in [2.75, 3.05) is 25.1 Å². The van der Waals surface area contributed by atoms with Crippen LogP contribution < -0.4 is 10.1 Å². The number of para-hydroxylation sites is 1. The molecule has 2 unspecified atom stereocenters. The molecule has 28 heavy (non-hydrogen) atoms. The molecule has 0 aromatic heterocycles. The van der Waals surface area contributed by atoms with Crippen LogP contribution in [0.25, 0.3) is 0 Å². The molecule has 0 aliphatic carbocycles. The van der Waals surface area contributed by atoms with Gasteiger partial charge in [-0.05, 0) is 49.1 Å². The molecule has 1 amide bonds. The number of unbranched alkanes of at least 4 members (excludes halogenated alkanes) is 1. The van der Waals surface area contributed by atoms with E-state index < -0.39 is 0 Å². The second-order valence-corrected chi connectivity index (χ2v) is 7.46. The number of carbonyl (C=O) groups is 1. The first kappa shape index (κ1) is 18.8. The van der Waals surface area contributed by atoms with Crippen LogP contribution in [0.4, 0.5) is 5.69 Å². The van der Waals surface area contributed by atoms with Crippen LogP contribution >= 0.6 is 0 Å². The third-order valence-corrected chi connectivity index (χ3v) is 5.43. The highest BCUT2D eigenvalue weighted by Gasteiger charge is 2.32. The van der Waals surface area contributed by atoms with Gasteiger partial charge in [-0.15, -0.1) is 0 Å². The van der Waals surface area contributed by atoms with Gasteiger partial charge in [-0.1, -0.05) is 37.6 Å². The molecule has 1 N–H and O–H groups in total. The van der Waals surface area contributed by atoms with Crippen molar-refractivity contribution >= 4 is 11.6 Å². The fourth-order valence-corrected chi connectivity index (χ4v) is 3.83. The Hall–Kier alpha value is -2.53. The molecule has 1 fully saturated rings. The lowest BCUT2D eigenvalue weighted by Gasteiger charge is -2.38. The molecule has 0 saturated carbocycles. The van der Waals surface area contributed by atoms with Crippen LogP contribution in [0.1, 0.15) is 54.7 Å². The Bertz CT molecular complexity index is 800. The molecule has 2 heterocycles. The molecule has 1 saturated heterocycles.